The van der Waals surface area contributed by atoms with E-state index in [0.29, 0.717) is 13.1 Å². The first-order valence-electron chi connectivity index (χ1n) is 2.41. The number of aliphatic hydroxyl groups excluding tert-OH is 1. The summed E-state index contributed by atoms with van der Waals surface area (Å²) in [5.74, 6) is 0. The Kier molecular flexibility index (Phi) is 137. The van der Waals surface area contributed by atoms with Gasteiger partial charge in [-0.2, -0.15) is 0 Å². The molecule has 11 heavy (non-hydrogen) atoms. The van der Waals surface area contributed by atoms with Crippen LogP contribution in [0, 0.1) is 0 Å². The molecule has 0 atom stereocenters. The summed E-state index contributed by atoms with van der Waals surface area (Å²) < 4.78 is 4.15. The summed E-state index contributed by atoms with van der Waals surface area (Å²) in [5, 5.41) is 13.9. The normalized spacial score (nSPS) is 4.64. The molecular formula is C5H14O6. The fraction of sp³-hybridized carbons (Fsp3) is 0.600. The maximum atomic E-state index is 9.18. The molecule has 0 fully saturated rings. The number of ether oxygens (including phenoxy) is 1. The largest absolute Gasteiger partial charge is 0.483 e. The fourth-order valence-corrected chi connectivity index (χ4v) is 0.0680. The van der Waals surface area contributed by atoms with E-state index in [1.807, 2.05) is 0 Å². The van der Waals surface area contributed by atoms with Crippen LogP contribution in [-0.4, -0.2) is 42.4 Å². The van der Waals surface area contributed by atoms with Crippen molar-refractivity contribution in [2.75, 3.05) is 13.7 Å². The monoisotopic (exact) mass is 170 g/mol. The molecule has 0 saturated heterocycles. The van der Waals surface area contributed by atoms with Gasteiger partial charge in [0.1, 0.15) is 0 Å². The van der Waals surface area contributed by atoms with Crippen LogP contribution in [0.15, 0.2) is 0 Å². The predicted octanol–water partition coefficient (Wildman–Crippen LogP) is -1.34. The van der Waals surface area contributed by atoms with Gasteiger partial charge < -0.3 is 20.4 Å². The van der Waals surface area contributed by atoms with E-state index in [1.165, 1.54) is 0 Å². The van der Waals surface area contributed by atoms with Gasteiger partial charge in [-0.1, -0.05) is 0 Å². The molecule has 0 radical (unpaired) electrons. The van der Waals surface area contributed by atoms with E-state index in [2.05, 4.69) is 4.74 Å². The predicted molar refractivity (Wildman–Crippen MR) is 38.1 cm³/mol. The van der Waals surface area contributed by atoms with Gasteiger partial charge in [-0.05, 0) is 6.92 Å². The molecule has 6 nitrogen and oxygen atoms in total. The summed E-state index contributed by atoms with van der Waals surface area (Å²) in [6.45, 7) is 2.41. The van der Waals surface area contributed by atoms with Gasteiger partial charge in [-0.25, -0.2) is 0 Å². The second kappa shape index (κ2) is 66.9. The summed E-state index contributed by atoms with van der Waals surface area (Å²) in [7, 11) is 1.00. The Balaban J connectivity index is -0.0000000360. The highest BCUT2D eigenvalue weighted by Gasteiger charge is 1.60. The lowest BCUT2D eigenvalue weighted by atomic mass is 10.9. The van der Waals surface area contributed by atoms with Crippen molar-refractivity contribution in [3.05, 3.63) is 0 Å². The van der Waals surface area contributed by atoms with Gasteiger partial charge in [0, 0.05) is 7.11 Å². The van der Waals surface area contributed by atoms with Crippen molar-refractivity contribution in [3.63, 3.8) is 0 Å². The van der Waals surface area contributed by atoms with Gasteiger partial charge in [-0.15, -0.1) is 0 Å². The summed E-state index contributed by atoms with van der Waals surface area (Å²) in [4.78, 5) is 17.5. The lowest BCUT2D eigenvalue weighted by Crippen LogP contribution is -1.80. The average molecular weight is 170 g/mol. The van der Waals surface area contributed by atoms with Crippen molar-refractivity contribution in [3.8, 4) is 0 Å². The van der Waals surface area contributed by atoms with Crippen LogP contribution in [0.4, 0.5) is 0 Å². The van der Waals surface area contributed by atoms with Crippen molar-refractivity contribution >= 4 is 12.9 Å². The lowest BCUT2D eigenvalue weighted by molar-refractivity contribution is -0.128. The number of carbonyl (C=O) groups excluding carboxylic acids is 1. The lowest BCUT2D eigenvalue weighted by Gasteiger charge is -1.79. The van der Waals surface area contributed by atoms with Gasteiger partial charge in [0.25, 0.3) is 12.9 Å². The van der Waals surface area contributed by atoms with Crippen LogP contribution in [0.2, 0.25) is 0 Å². The van der Waals surface area contributed by atoms with E-state index < -0.39 is 0 Å². The van der Waals surface area contributed by atoms with E-state index in [1.54, 1.807) is 6.92 Å². The first-order chi connectivity index (χ1) is 4.83. The van der Waals surface area contributed by atoms with Crippen molar-refractivity contribution in [1.29, 1.82) is 0 Å². The van der Waals surface area contributed by atoms with E-state index in [4.69, 9.17) is 15.0 Å². The standard InChI is InChI=1S/C3H6O2.CH2O2.CH4O.H2O/c1-2-5-3-4;2-1-3;1-2;/h3H,2H2,1H3;1H,(H,2,3);2H,1H3;1H2. The van der Waals surface area contributed by atoms with Crippen molar-refractivity contribution < 1.29 is 30.0 Å². The zero-order chi connectivity index (χ0) is 8.83. The van der Waals surface area contributed by atoms with Crippen molar-refractivity contribution in [2.45, 2.75) is 6.92 Å². The third-order valence-electron chi connectivity index (χ3n) is 0.235. The minimum Gasteiger partial charge on any atom is -0.483 e. The summed E-state index contributed by atoms with van der Waals surface area (Å²) >= 11 is 0. The SMILES string of the molecule is CCOC=O.CO.O.O=CO. The molecule has 0 aliphatic rings. The van der Waals surface area contributed by atoms with Gasteiger partial charge >= 0.3 is 0 Å². The molecule has 0 rings (SSSR count). The fourth-order valence-electron chi connectivity index (χ4n) is 0.0680. The minimum absolute atomic E-state index is 0. The maximum absolute atomic E-state index is 9.18. The zero-order valence-corrected chi connectivity index (χ0v) is 6.48. The molecule has 0 aromatic heterocycles. The molecule has 0 aliphatic heterocycles. The Hall–Kier alpha value is -1.14. The maximum Gasteiger partial charge on any atom is 0.293 e. The highest BCUT2D eigenvalue weighted by atomic mass is 16.5. The van der Waals surface area contributed by atoms with Crippen LogP contribution >= 0.6 is 0 Å². The Labute approximate surface area is 64.7 Å². The quantitative estimate of drug-likeness (QED) is 0.498. The van der Waals surface area contributed by atoms with Crippen LogP contribution in [0.25, 0.3) is 0 Å². The molecule has 70 valence electrons. The molecule has 6 heteroatoms. The van der Waals surface area contributed by atoms with Crippen LogP contribution in [0.1, 0.15) is 6.92 Å². The van der Waals surface area contributed by atoms with Crippen LogP contribution in [-0.2, 0) is 14.3 Å². The van der Waals surface area contributed by atoms with Crippen molar-refractivity contribution in [1.82, 2.24) is 0 Å². The Morgan fingerprint density at radius 2 is 1.64 bits per heavy atom. The van der Waals surface area contributed by atoms with Gasteiger partial charge in [0.2, 0.25) is 0 Å². The highest BCUT2D eigenvalue weighted by molar-refractivity contribution is 5.36. The summed E-state index contributed by atoms with van der Waals surface area (Å²) in [6, 6.07) is 0. The Morgan fingerprint density at radius 3 is 1.64 bits per heavy atom. The number of aliphatic hydroxyl groups is 1. The van der Waals surface area contributed by atoms with Crippen molar-refractivity contribution in [2.24, 2.45) is 0 Å². The molecule has 0 aliphatic carbocycles. The third kappa shape index (κ3) is 564. The molecular weight excluding hydrogens is 156 g/mol. The summed E-state index contributed by atoms with van der Waals surface area (Å²) in [6.07, 6.45) is 0. The first kappa shape index (κ1) is 22.5. The Bertz CT molecular complexity index is 54.9. The minimum atomic E-state index is -0.250. The molecule has 0 saturated carbocycles. The van der Waals surface area contributed by atoms with E-state index in [-0.39, 0.29) is 11.9 Å². The molecule has 0 aromatic rings. The number of carboxylic acid groups (broad SMARTS) is 1. The molecule has 0 amide bonds. The summed E-state index contributed by atoms with van der Waals surface area (Å²) in [5.41, 5.74) is 0. The van der Waals surface area contributed by atoms with Gasteiger partial charge in [0.15, 0.2) is 0 Å². The second-order valence-electron chi connectivity index (χ2n) is 0.657. The molecule has 0 bridgehead atoms. The molecule has 0 heterocycles. The number of hydrogen-bond acceptors (Lipinski definition) is 4. The van der Waals surface area contributed by atoms with Crippen LogP contribution in [0.3, 0.4) is 0 Å². The molecule has 0 spiro atoms. The van der Waals surface area contributed by atoms with Crippen LogP contribution in [0.5, 0.6) is 0 Å². The second-order valence-corrected chi connectivity index (χ2v) is 0.657. The first-order valence-corrected chi connectivity index (χ1v) is 2.41. The average Bonchev–Trinajstić information content (AvgIpc) is 1.96. The van der Waals surface area contributed by atoms with Crippen LogP contribution < -0.4 is 0 Å². The number of carbonyl (C=O) groups is 2. The van der Waals surface area contributed by atoms with E-state index in [9.17, 15) is 4.79 Å². The third-order valence-corrected chi connectivity index (χ3v) is 0.235. The smallest absolute Gasteiger partial charge is 0.293 e. The topological polar surface area (TPSA) is 115 Å². The number of rotatable bonds is 2. The highest BCUT2D eigenvalue weighted by Crippen LogP contribution is 1.55. The molecule has 0 unspecified atom stereocenters. The van der Waals surface area contributed by atoms with E-state index >= 15 is 0 Å². The molecule has 0 aromatic carbocycles. The molecule has 4 N–H and O–H groups in total. The zero-order valence-electron chi connectivity index (χ0n) is 6.48. The number of hydrogen-bond donors (Lipinski definition) is 2. The van der Waals surface area contributed by atoms with Gasteiger partial charge in [-0.3, -0.25) is 9.59 Å². The Morgan fingerprint density at radius 1 is 1.36 bits per heavy atom. The van der Waals surface area contributed by atoms with Gasteiger partial charge in [0.05, 0.1) is 6.61 Å². The van der Waals surface area contributed by atoms with E-state index in [0.717, 1.165) is 7.11 Å².